The van der Waals surface area contributed by atoms with E-state index in [4.69, 9.17) is 0 Å². The first-order valence-electron chi connectivity index (χ1n) is 19.6. The first-order chi connectivity index (χ1) is 28.3. The van der Waals surface area contributed by atoms with Gasteiger partial charge < -0.3 is 4.90 Å². The summed E-state index contributed by atoms with van der Waals surface area (Å²) in [7, 11) is 0. The average Bonchev–Trinajstić information content (AvgIpc) is 3.30. The van der Waals surface area contributed by atoms with Crippen molar-refractivity contribution >= 4 is 38.6 Å². The second-order valence-electron chi connectivity index (χ2n) is 14.5. The molecule has 1 nitrogen and oxygen atoms in total. The third-order valence-corrected chi connectivity index (χ3v) is 11.1. The van der Waals surface area contributed by atoms with Crippen LogP contribution < -0.4 is 4.90 Å². The van der Waals surface area contributed by atoms with Crippen LogP contribution in [0.5, 0.6) is 0 Å². The molecule has 0 radical (unpaired) electrons. The van der Waals surface area contributed by atoms with Crippen molar-refractivity contribution in [2.75, 3.05) is 4.90 Å². The highest BCUT2D eigenvalue weighted by atomic mass is 15.1. The molecule has 10 rings (SSSR count). The number of hydrogen-bond donors (Lipinski definition) is 0. The molecule has 0 saturated heterocycles. The summed E-state index contributed by atoms with van der Waals surface area (Å²) in [5, 5.41) is 5.10. The monoisotopic (exact) mass is 725 g/mol. The Labute approximate surface area is 334 Å². The minimum Gasteiger partial charge on any atom is -0.311 e. The first-order valence-corrected chi connectivity index (χ1v) is 19.6. The van der Waals surface area contributed by atoms with Gasteiger partial charge in [-0.2, -0.15) is 0 Å². The molecule has 0 N–H and O–H groups in total. The predicted octanol–water partition coefficient (Wildman–Crippen LogP) is 15.8. The normalized spacial score (nSPS) is 11.2. The molecule has 0 aliphatic carbocycles. The zero-order chi connectivity index (χ0) is 38.0. The van der Waals surface area contributed by atoms with Gasteiger partial charge in [-0.3, -0.25) is 0 Å². The van der Waals surface area contributed by atoms with Gasteiger partial charge in [0, 0.05) is 17.1 Å². The van der Waals surface area contributed by atoms with Gasteiger partial charge in [-0.15, -0.1) is 0 Å². The van der Waals surface area contributed by atoms with Gasteiger partial charge in [0.05, 0.1) is 0 Å². The number of hydrogen-bond acceptors (Lipinski definition) is 1. The fraction of sp³-hybridized carbons (Fsp3) is 0. The van der Waals surface area contributed by atoms with E-state index in [1.54, 1.807) is 0 Å². The molecule has 10 aromatic carbocycles. The molecular formula is C56H39N. The van der Waals surface area contributed by atoms with E-state index in [1.165, 1.54) is 77.2 Å². The zero-order valence-corrected chi connectivity index (χ0v) is 31.5. The van der Waals surface area contributed by atoms with Crippen molar-refractivity contribution in [1.82, 2.24) is 0 Å². The Balaban J connectivity index is 0.996. The molecule has 1 heteroatoms. The van der Waals surface area contributed by atoms with Crippen LogP contribution in [0.1, 0.15) is 0 Å². The number of nitrogens with zero attached hydrogens (tertiary/aromatic N) is 1. The van der Waals surface area contributed by atoms with Crippen LogP contribution in [0.2, 0.25) is 0 Å². The van der Waals surface area contributed by atoms with E-state index in [0.717, 1.165) is 17.1 Å². The van der Waals surface area contributed by atoms with Gasteiger partial charge in [0.2, 0.25) is 0 Å². The topological polar surface area (TPSA) is 3.24 Å². The molecule has 0 bridgehead atoms. The van der Waals surface area contributed by atoms with Crippen LogP contribution in [-0.2, 0) is 0 Å². The molecular weight excluding hydrogens is 687 g/mol. The van der Waals surface area contributed by atoms with Crippen molar-refractivity contribution in [3.05, 3.63) is 237 Å². The van der Waals surface area contributed by atoms with Gasteiger partial charge in [-0.25, -0.2) is 0 Å². The van der Waals surface area contributed by atoms with Crippen molar-refractivity contribution in [2.45, 2.75) is 0 Å². The summed E-state index contributed by atoms with van der Waals surface area (Å²) >= 11 is 0. The molecule has 268 valence electrons. The highest BCUT2D eigenvalue weighted by Crippen LogP contribution is 2.43. The van der Waals surface area contributed by atoms with Gasteiger partial charge in [-0.1, -0.05) is 194 Å². The quantitative estimate of drug-likeness (QED) is 0.141. The zero-order valence-electron chi connectivity index (χ0n) is 31.5. The summed E-state index contributed by atoms with van der Waals surface area (Å²) in [5.41, 5.74) is 15.4. The fourth-order valence-electron chi connectivity index (χ4n) is 8.32. The van der Waals surface area contributed by atoms with Gasteiger partial charge in [-0.05, 0) is 120 Å². The van der Waals surface area contributed by atoms with Crippen LogP contribution in [0.15, 0.2) is 237 Å². The van der Waals surface area contributed by atoms with Crippen molar-refractivity contribution < 1.29 is 0 Å². The van der Waals surface area contributed by atoms with Crippen LogP contribution in [-0.4, -0.2) is 0 Å². The molecule has 0 atom stereocenters. The summed E-state index contributed by atoms with van der Waals surface area (Å²) in [6.45, 7) is 0. The van der Waals surface area contributed by atoms with Crippen LogP contribution in [0.3, 0.4) is 0 Å². The van der Waals surface area contributed by atoms with Crippen molar-refractivity contribution in [2.24, 2.45) is 0 Å². The van der Waals surface area contributed by atoms with E-state index in [9.17, 15) is 0 Å². The number of benzene rings is 10. The molecule has 0 aliphatic heterocycles. The van der Waals surface area contributed by atoms with Crippen LogP contribution >= 0.6 is 0 Å². The third-order valence-electron chi connectivity index (χ3n) is 11.1. The summed E-state index contributed by atoms with van der Waals surface area (Å²) < 4.78 is 0. The van der Waals surface area contributed by atoms with Crippen LogP contribution in [0.4, 0.5) is 17.1 Å². The Kier molecular flexibility index (Phi) is 8.95. The molecule has 0 saturated carbocycles. The van der Waals surface area contributed by atoms with E-state index in [0.29, 0.717) is 0 Å². The summed E-state index contributed by atoms with van der Waals surface area (Å²) in [5.74, 6) is 0. The number of anilines is 3. The number of fused-ring (bicyclic) bond motifs is 3. The standard InChI is InChI=1S/C56H39N/c1-3-15-41(16-4-1)50-21-9-11-23-53(50)55-25-13-14-26-56(55)54-24-12-10-22-51(54)43-31-36-48(37-32-43)57(46-18-5-2-6-19-46)47-34-29-40(30-35-47)44-33-38-52-45(39-44)28-27-42-17-7-8-20-49(42)52/h1-39H. The number of para-hydroxylation sites is 1. The molecule has 0 unspecified atom stereocenters. The average molecular weight is 726 g/mol. The Hall–Kier alpha value is -7.48. The fourth-order valence-corrected chi connectivity index (χ4v) is 8.32. The first kappa shape index (κ1) is 34.0. The molecule has 0 fully saturated rings. The van der Waals surface area contributed by atoms with E-state index in [1.807, 2.05) is 0 Å². The highest BCUT2D eigenvalue weighted by Gasteiger charge is 2.17. The molecule has 0 aliphatic rings. The van der Waals surface area contributed by atoms with E-state index in [2.05, 4.69) is 241 Å². The summed E-state index contributed by atoms with van der Waals surface area (Å²) in [6, 6.07) is 85.5. The van der Waals surface area contributed by atoms with Crippen LogP contribution in [0.25, 0.3) is 77.2 Å². The lowest BCUT2D eigenvalue weighted by molar-refractivity contribution is 1.28. The summed E-state index contributed by atoms with van der Waals surface area (Å²) in [6.07, 6.45) is 0. The second-order valence-corrected chi connectivity index (χ2v) is 14.5. The Morgan fingerprint density at radius 2 is 0.596 bits per heavy atom. The second kappa shape index (κ2) is 15.0. The number of rotatable bonds is 8. The SMILES string of the molecule is c1ccc(-c2ccccc2-c2ccccc2-c2ccccc2-c2ccc(N(c3ccccc3)c3ccc(-c4ccc5c(ccc6ccccc65)c4)cc3)cc2)cc1. The maximum Gasteiger partial charge on any atom is 0.0462 e. The highest BCUT2D eigenvalue weighted by molar-refractivity contribution is 6.08. The molecule has 0 aromatic heterocycles. The minimum absolute atomic E-state index is 1.10. The van der Waals surface area contributed by atoms with Crippen LogP contribution in [0, 0.1) is 0 Å². The molecule has 0 amide bonds. The van der Waals surface area contributed by atoms with Gasteiger partial charge in [0.25, 0.3) is 0 Å². The van der Waals surface area contributed by atoms with Crippen molar-refractivity contribution in [3.63, 3.8) is 0 Å². The van der Waals surface area contributed by atoms with Gasteiger partial charge in [0.15, 0.2) is 0 Å². The lowest BCUT2D eigenvalue weighted by atomic mass is 9.87. The van der Waals surface area contributed by atoms with Crippen molar-refractivity contribution in [1.29, 1.82) is 0 Å². The molecule has 0 spiro atoms. The molecule has 0 heterocycles. The predicted molar refractivity (Wildman–Crippen MR) is 243 cm³/mol. The lowest BCUT2D eigenvalue weighted by Gasteiger charge is -2.26. The third kappa shape index (κ3) is 6.56. The Morgan fingerprint density at radius 3 is 1.19 bits per heavy atom. The Morgan fingerprint density at radius 1 is 0.211 bits per heavy atom. The van der Waals surface area contributed by atoms with E-state index >= 15 is 0 Å². The van der Waals surface area contributed by atoms with Gasteiger partial charge >= 0.3 is 0 Å². The van der Waals surface area contributed by atoms with Gasteiger partial charge in [0.1, 0.15) is 0 Å². The van der Waals surface area contributed by atoms with Crippen molar-refractivity contribution in [3.8, 4) is 55.6 Å². The molecule has 10 aromatic rings. The van der Waals surface area contributed by atoms with E-state index < -0.39 is 0 Å². The maximum absolute atomic E-state index is 2.34. The summed E-state index contributed by atoms with van der Waals surface area (Å²) in [4.78, 5) is 2.34. The maximum atomic E-state index is 2.34. The lowest BCUT2D eigenvalue weighted by Crippen LogP contribution is -2.09. The minimum atomic E-state index is 1.10. The molecule has 57 heavy (non-hydrogen) atoms. The smallest absolute Gasteiger partial charge is 0.0462 e. The van der Waals surface area contributed by atoms with E-state index in [-0.39, 0.29) is 0 Å². The Bertz CT molecular complexity index is 2980. The largest absolute Gasteiger partial charge is 0.311 e.